The number of H-pyrrole nitrogens is 1. The van der Waals surface area contributed by atoms with Gasteiger partial charge in [0.2, 0.25) is 0 Å². The van der Waals surface area contributed by atoms with Gasteiger partial charge in [0, 0.05) is 18.8 Å². The molecule has 1 amide bonds. The Kier molecular flexibility index (Phi) is 5.37. The molecule has 0 radical (unpaired) electrons. The van der Waals surface area contributed by atoms with Crippen LogP contribution in [-0.2, 0) is 4.74 Å². The smallest absolute Gasteiger partial charge is 0.262 e. The summed E-state index contributed by atoms with van der Waals surface area (Å²) in [4.78, 5) is 25.8. The van der Waals surface area contributed by atoms with Gasteiger partial charge in [0.25, 0.3) is 11.5 Å². The van der Waals surface area contributed by atoms with Crippen LogP contribution in [0.2, 0.25) is 0 Å². The first-order chi connectivity index (χ1) is 9.56. The van der Waals surface area contributed by atoms with Crippen molar-refractivity contribution in [2.24, 2.45) is 0 Å². The van der Waals surface area contributed by atoms with E-state index in [4.69, 9.17) is 4.74 Å². The number of halogens is 1. The molecule has 1 fully saturated rings. The number of carbonyl (C=O) groups is 1. The van der Waals surface area contributed by atoms with Crippen LogP contribution < -0.4 is 10.9 Å². The van der Waals surface area contributed by atoms with Crippen molar-refractivity contribution < 1.29 is 9.53 Å². The van der Waals surface area contributed by atoms with Gasteiger partial charge in [0.1, 0.15) is 0 Å². The molecule has 0 bridgehead atoms. The SMILES string of the molecule is C[C@H](CC[C@@H]1CCCO1)NC(=O)c1c[nH]c(=O)c(Br)c1. The highest BCUT2D eigenvalue weighted by molar-refractivity contribution is 9.10. The lowest BCUT2D eigenvalue weighted by Crippen LogP contribution is -2.33. The molecule has 1 aromatic rings. The fourth-order valence-corrected chi connectivity index (χ4v) is 2.64. The third-order valence-corrected chi connectivity index (χ3v) is 4.03. The van der Waals surface area contributed by atoms with Crippen LogP contribution in [-0.4, -0.2) is 29.6 Å². The Labute approximate surface area is 126 Å². The van der Waals surface area contributed by atoms with Crippen LogP contribution in [0.5, 0.6) is 0 Å². The third-order valence-electron chi connectivity index (χ3n) is 3.44. The van der Waals surface area contributed by atoms with Gasteiger partial charge in [-0.2, -0.15) is 0 Å². The highest BCUT2D eigenvalue weighted by Gasteiger charge is 2.17. The monoisotopic (exact) mass is 342 g/mol. The normalized spacial score (nSPS) is 19.8. The summed E-state index contributed by atoms with van der Waals surface area (Å²) in [6, 6.07) is 1.61. The topological polar surface area (TPSA) is 71.2 Å². The zero-order valence-corrected chi connectivity index (χ0v) is 13.0. The molecule has 6 heteroatoms. The number of hydrogen-bond acceptors (Lipinski definition) is 3. The van der Waals surface area contributed by atoms with Crippen LogP contribution in [0, 0.1) is 0 Å². The van der Waals surface area contributed by atoms with Crippen molar-refractivity contribution in [1.29, 1.82) is 0 Å². The van der Waals surface area contributed by atoms with Crippen molar-refractivity contribution in [1.82, 2.24) is 10.3 Å². The van der Waals surface area contributed by atoms with Crippen LogP contribution >= 0.6 is 15.9 Å². The minimum atomic E-state index is -0.243. The van der Waals surface area contributed by atoms with Crippen molar-refractivity contribution in [3.63, 3.8) is 0 Å². The molecule has 1 saturated heterocycles. The average Bonchev–Trinajstić information content (AvgIpc) is 2.92. The molecule has 5 nitrogen and oxygen atoms in total. The van der Waals surface area contributed by atoms with Crippen molar-refractivity contribution in [2.45, 2.75) is 44.8 Å². The van der Waals surface area contributed by atoms with Crippen LogP contribution in [0.1, 0.15) is 43.0 Å². The molecule has 0 spiro atoms. The fourth-order valence-electron chi connectivity index (χ4n) is 2.27. The van der Waals surface area contributed by atoms with E-state index in [-0.39, 0.29) is 17.5 Å². The molecular formula is C14H19BrN2O3. The number of aromatic amines is 1. The lowest BCUT2D eigenvalue weighted by molar-refractivity contribution is 0.0899. The van der Waals surface area contributed by atoms with E-state index >= 15 is 0 Å². The van der Waals surface area contributed by atoms with Crippen molar-refractivity contribution in [3.05, 3.63) is 32.7 Å². The van der Waals surface area contributed by atoms with Gasteiger partial charge in [0.05, 0.1) is 16.1 Å². The Balaban J connectivity index is 1.83. The fraction of sp³-hybridized carbons (Fsp3) is 0.571. The van der Waals surface area contributed by atoms with E-state index in [1.165, 1.54) is 12.3 Å². The maximum Gasteiger partial charge on any atom is 0.262 e. The molecule has 0 aliphatic carbocycles. The Morgan fingerprint density at radius 1 is 1.65 bits per heavy atom. The predicted molar refractivity (Wildman–Crippen MR) is 79.9 cm³/mol. The number of nitrogens with one attached hydrogen (secondary N) is 2. The number of aromatic nitrogens is 1. The maximum absolute atomic E-state index is 12.0. The number of hydrogen-bond donors (Lipinski definition) is 2. The molecule has 110 valence electrons. The summed E-state index contributed by atoms with van der Waals surface area (Å²) in [7, 11) is 0. The zero-order chi connectivity index (χ0) is 14.5. The Hall–Kier alpha value is -1.14. The molecule has 2 heterocycles. The van der Waals surface area contributed by atoms with Crippen LogP contribution in [0.25, 0.3) is 0 Å². The van der Waals surface area contributed by atoms with Crippen LogP contribution in [0.4, 0.5) is 0 Å². The van der Waals surface area contributed by atoms with Crippen molar-refractivity contribution in [2.75, 3.05) is 6.61 Å². The van der Waals surface area contributed by atoms with Crippen LogP contribution in [0.15, 0.2) is 21.5 Å². The molecule has 2 rings (SSSR count). The van der Waals surface area contributed by atoms with Gasteiger partial charge in [-0.3, -0.25) is 9.59 Å². The first-order valence-corrected chi connectivity index (χ1v) is 7.66. The van der Waals surface area contributed by atoms with Gasteiger partial charge in [-0.25, -0.2) is 0 Å². The summed E-state index contributed by atoms with van der Waals surface area (Å²) in [5, 5.41) is 2.93. The zero-order valence-electron chi connectivity index (χ0n) is 11.4. The van der Waals surface area contributed by atoms with Gasteiger partial charge in [0.15, 0.2) is 0 Å². The van der Waals surface area contributed by atoms with Crippen molar-refractivity contribution in [3.8, 4) is 0 Å². The third kappa shape index (κ3) is 4.18. The summed E-state index contributed by atoms with van der Waals surface area (Å²) >= 11 is 3.12. The first-order valence-electron chi connectivity index (χ1n) is 6.87. The molecule has 1 aliphatic heterocycles. The van der Waals surface area contributed by atoms with E-state index in [1.54, 1.807) is 0 Å². The number of ether oxygens (including phenoxy) is 1. The minimum Gasteiger partial charge on any atom is -0.378 e. The summed E-state index contributed by atoms with van der Waals surface area (Å²) in [5.74, 6) is -0.179. The quantitative estimate of drug-likeness (QED) is 0.861. The van der Waals surface area contributed by atoms with Gasteiger partial charge >= 0.3 is 0 Å². The molecule has 0 saturated carbocycles. The highest BCUT2D eigenvalue weighted by atomic mass is 79.9. The predicted octanol–water partition coefficient (Wildman–Crippen LogP) is 2.21. The molecule has 1 aromatic heterocycles. The standard InChI is InChI=1S/C14H19BrN2O3/c1-9(4-5-11-3-2-6-20-11)17-13(18)10-7-12(15)14(19)16-8-10/h7-9,11H,2-6H2,1H3,(H,16,19)(H,17,18)/t9-,11+/m1/s1. The molecule has 0 unspecified atom stereocenters. The second kappa shape index (κ2) is 7.04. The Morgan fingerprint density at radius 2 is 2.45 bits per heavy atom. The first kappa shape index (κ1) is 15.3. The van der Waals surface area contributed by atoms with E-state index in [9.17, 15) is 9.59 Å². The van der Waals surface area contributed by atoms with E-state index < -0.39 is 0 Å². The van der Waals surface area contributed by atoms with Crippen LogP contribution in [0.3, 0.4) is 0 Å². The number of pyridine rings is 1. The second-order valence-corrected chi connectivity index (χ2v) is 6.01. The van der Waals surface area contributed by atoms with Gasteiger partial charge in [-0.1, -0.05) is 0 Å². The van der Waals surface area contributed by atoms with E-state index in [0.29, 0.717) is 16.1 Å². The van der Waals surface area contributed by atoms with Crippen molar-refractivity contribution >= 4 is 21.8 Å². The van der Waals surface area contributed by atoms with E-state index in [0.717, 1.165) is 32.3 Å². The largest absolute Gasteiger partial charge is 0.378 e. The Morgan fingerprint density at radius 3 is 3.10 bits per heavy atom. The molecule has 2 N–H and O–H groups in total. The summed E-state index contributed by atoms with van der Waals surface area (Å²) in [6.45, 7) is 2.84. The lowest BCUT2D eigenvalue weighted by Gasteiger charge is -2.16. The summed E-state index contributed by atoms with van der Waals surface area (Å²) < 4.78 is 5.92. The second-order valence-electron chi connectivity index (χ2n) is 5.15. The van der Waals surface area contributed by atoms with Gasteiger partial charge < -0.3 is 15.0 Å². The van der Waals surface area contributed by atoms with Gasteiger partial charge in [-0.15, -0.1) is 0 Å². The molecule has 0 aromatic carbocycles. The summed E-state index contributed by atoms with van der Waals surface area (Å²) in [6.07, 6.45) is 5.88. The van der Waals surface area contributed by atoms with E-state index in [1.807, 2.05) is 6.92 Å². The minimum absolute atomic E-state index is 0.0809. The molecular weight excluding hydrogens is 324 g/mol. The molecule has 2 atom stereocenters. The molecule has 20 heavy (non-hydrogen) atoms. The average molecular weight is 343 g/mol. The number of amides is 1. The number of carbonyl (C=O) groups excluding carboxylic acids is 1. The van der Waals surface area contributed by atoms with E-state index in [2.05, 4.69) is 26.2 Å². The highest BCUT2D eigenvalue weighted by Crippen LogP contribution is 2.17. The summed E-state index contributed by atoms with van der Waals surface area (Å²) in [5.41, 5.74) is 0.202. The van der Waals surface area contributed by atoms with Gasteiger partial charge in [-0.05, 0) is 54.6 Å². The molecule has 1 aliphatic rings. The Bertz CT molecular complexity index is 523. The number of rotatable bonds is 5. The lowest BCUT2D eigenvalue weighted by atomic mass is 10.1. The maximum atomic E-state index is 12.0.